The molecule has 0 saturated heterocycles. The third-order valence-electron chi connectivity index (χ3n) is 3.43. The van der Waals surface area contributed by atoms with E-state index in [2.05, 4.69) is 20.4 Å². The van der Waals surface area contributed by atoms with Crippen LogP contribution in [0.4, 0.5) is 4.79 Å². The highest BCUT2D eigenvalue weighted by atomic mass is 32.2. The zero-order valence-corrected chi connectivity index (χ0v) is 16.7. The number of oxazole rings is 1. The van der Waals surface area contributed by atoms with Gasteiger partial charge in [0.2, 0.25) is 5.89 Å². The Bertz CT molecular complexity index is 909. The van der Waals surface area contributed by atoms with Crippen molar-refractivity contribution in [3.8, 4) is 0 Å². The van der Waals surface area contributed by atoms with Crippen LogP contribution in [0.5, 0.6) is 0 Å². The molecule has 0 radical (unpaired) electrons. The minimum absolute atomic E-state index is 0.363. The number of aromatic nitrogens is 3. The van der Waals surface area contributed by atoms with E-state index in [1.54, 1.807) is 34.6 Å². The van der Waals surface area contributed by atoms with Gasteiger partial charge in [-0.15, -0.1) is 0 Å². The number of hydrogen-bond acceptors (Lipinski definition) is 8. The van der Waals surface area contributed by atoms with Crippen molar-refractivity contribution in [3.05, 3.63) is 36.0 Å². The Morgan fingerprint density at radius 1 is 1.19 bits per heavy atom. The third kappa shape index (κ3) is 5.00. The number of para-hydroxylation sites is 2. The fourth-order valence-electron chi connectivity index (χ4n) is 2.22. The molecule has 144 valence electrons. The average molecular weight is 390 g/mol. The Kier molecular flexibility index (Phi) is 5.14. The lowest BCUT2D eigenvalue weighted by Gasteiger charge is -2.26. The molecule has 3 rings (SSSR count). The highest BCUT2D eigenvalue weighted by Gasteiger charge is 2.31. The van der Waals surface area contributed by atoms with Crippen molar-refractivity contribution < 1.29 is 18.5 Å². The molecule has 0 fully saturated rings. The number of nitrogens with zero attached hydrogens (tertiary/aromatic N) is 3. The van der Waals surface area contributed by atoms with Crippen LogP contribution in [0.3, 0.4) is 0 Å². The summed E-state index contributed by atoms with van der Waals surface area (Å²) in [5.41, 5.74) is 0.105. The number of alkyl carbamates (subject to hydrolysis) is 1. The van der Waals surface area contributed by atoms with Gasteiger partial charge in [-0.3, -0.25) is 0 Å². The quantitative estimate of drug-likeness (QED) is 0.645. The lowest BCUT2D eigenvalue weighted by Crippen LogP contribution is -2.44. The van der Waals surface area contributed by atoms with Gasteiger partial charge < -0.3 is 19.0 Å². The molecule has 0 unspecified atom stereocenters. The van der Waals surface area contributed by atoms with E-state index in [0.717, 1.165) is 11.1 Å². The number of hydrogen-bond donors (Lipinski definition) is 1. The summed E-state index contributed by atoms with van der Waals surface area (Å²) in [4.78, 5) is 20.8. The minimum atomic E-state index is -0.841. The summed E-state index contributed by atoms with van der Waals surface area (Å²) in [6.07, 6.45) is -0.542. The van der Waals surface area contributed by atoms with Gasteiger partial charge in [0.15, 0.2) is 11.4 Å². The smallest absolute Gasteiger partial charge is 0.408 e. The number of ether oxygens (including phenoxy) is 1. The Morgan fingerprint density at radius 3 is 2.63 bits per heavy atom. The molecule has 0 aliphatic carbocycles. The van der Waals surface area contributed by atoms with Crippen molar-refractivity contribution in [2.24, 2.45) is 0 Å². The van der Waals surface area contributed by atoms with Crippen molar-refractivity contribution in [2.75, 3.05) is 0 Å². The van der Waals surface area contributed by atoms with Gasteiger partial charge in [-0.1, -0.05) is 29.1 Å². The Balaban J connectivity index is 1.62. The summed E-state index contributed by atoms with van der Waals surface area (Å²) < 4.78 is 16.2. The van der Waals surface area contributed by atoms with E-state index in [-0.39, 0.29) is 0 Å². The molecule has 1 amide bonds. The fourth-order valence-corrected chi connectivity index (χ4v) is 2.89. The second kappa shape index (κ2) is 7.22. The van der Waals surface area contributed by atoms with Crippen molar-refractivity contribution in [3.63, 3.8) is 0 Å². The summed E-state index contributed by atoms with van der Waals surface area (Å²) in [6, 6.07) is 7.55. The molecule has 9 heteroatoms. The van der Waals surface area contributed by atoms with Crippen LogP contribution >= 0.6 is 11.8 Å². The molecule has 2 heterocycles. The van der Waals surface area contributed by atoms with Gasteiger partial charge in [-0.05, 0) is 46.8 Å². The van der Waals surface area contributed by atoms with E-state index in [0.29, 0.717) is 22.7 Å². The van der Waals surface area contributed by atoms with Gasteiger partial charge in [0.1, 0.15) is 16.7 Å². The van der Waals surface area contributed by atoms with E-state index < -0.39 is 17.2 Å². The highest BCUT2D eigenvalue weighted by molar-refractivity contribution is 7.98. The van der Waals surface area contributed by atoms with Crippen LogP contribution in [-0.2, 0) is 16.0 Å². The molecule has 0 saturated carbocycles. The summed E-state index contributed by atoms with van der Waals surface area (Å²) in [5, 5.41) is 7.25. The maximum atomic E-state index is 12.0. The van der Waals surface area contributed by atoms with Gasteiger partial charge in [-0.2, -0.15) is 4.98 Å². The summed E-state index contributed by atoms with van der Waals surface area (Å²) >= 11 is 1.36. The number of benzene rings is 1. The standard InChI is InChI=1S/C18H22N4O4S/c1-17(2,3)25-15(23)21-18(4,5)14-20-13(26-22-14)10-27-16-19-11-8-6-7-9-12(11)24-16/h6-9H,10H2,1-5H3,(H,21,23). The molecule has 2 aromatic heterocycles. The first-order valence-electron chi connectivity index (χ1n) is 8.45. The Labute approximate surface area is 161 Å². The van der Waals surface area contributed by atoms with Crippen molar-refractivity contribution in [1.82, 2.24) is 20.4 Å². The molecule has 8 nitrogen and oxygen atoms in total. The van der Waals surface area contributed by atoms with E-state index in [9.17, 15) is 4.79 Å². The van der Waals surface area contributed by atoms with Crippen LogP contribution in [0.15, 0.2) is 38.4 Å². The molecule has 1 aromatic carbocycles. The van der Waals surface area contributed by atoms with Crippen LogP contribution in [0.2, 0.25) is 0 Å². The lowest BCUT2D eigenvalue weighted by atomic mass is 10.1. The van der Waals surface area contributed by atoms with Crippen molar-refractivity contribution in [2.45, 2.75) is 56.7 Å². The predicted molar refractivity (Wildman–Crippen MR) is 100 cm³/mol. The zero-order chi connectivity index (χ0) is 19.7. The Morgan fingerprint density at radius 2 is 1.93 bits per heavy atom. The summed E-state index contributed by atoms with van der Waals surface area (Å²) in [6.45, 7) is 8.96. The monoisotopic (exact) mass is 390 g/mol. The van der Waals surface area contributed by atoms with Crippen LogP contribution in [0.25, 0.3) is 11.1 Å². The van der Waals surface area contributed by atoms with E-state index in [1.807, 2.05) is 24.3 Å². The maximum Gasteiger partial charge on any atom is 0.408 e. The second-order valence-electron chi connectivity index (χ2n) is 7.50. The summed E-state index contributed by atoms with van der Waals surface area (Å²) in [5.74, 6) is 1.18. The van der Waals surface area contributed by atoms with Gasteiger partial charge in [0.25, 0.3) is 5.22 Å². The predicted octanol–water partition coefficient (Wildman–Crippen LogP) is 4.26. The van der Waals surface area contributed by atoms with Gasteiger partial charge in [0, 0.05) is 0 Å². The molecular formula is C18H22N4O4S. The van der Waals surface area contributed by atoms with Gasteiger partial charge in [0.05, 0.1) is 5.75 Å². The lowest BCUT2D eigenvalue weighted by molar-refractivity contribution is 0.0465. The Hall–Kier alpha value is -2.55. The average Bonchev–Trinajstić information content (AvgIpc) is 3.17. The SMILES string of the molecule is CC(C)(C)OC(=O)NC(C)(C)c1noc(CSc2nc3ccccc3o2)n1. The number of rotatable bonds is 5. The van der Waals surface area contributed by atoms with Crippen molar-refractivity contribution in [1.29, 1.82) is 0 Å². The van der Waals surface area contributed by atoms with Crippen LogP contribution in [-0.4, -0.2) is 26.8 Å². The molecule has 3 aromatic rings. The largest absolute Gasteiger partial charge is 0.444 e. The van der Waals surface area contributed by atoms with Crippen LogP contribution in [0.1, 0.15) is 46.3 Å². The van der Waals surface area contributed by atoms with E-state index in [1.165, 1.54) is 11.8 Å². The van der Waals surface area contributed by atoms with Gasteiger partial charge >= 0.3 is 6.09 Å². The first kappa shape index (κ1) is 19.2. The molecule has 0 aliphatic rings. The van der Waals surface area contributed by atoms with E-state index >= 15 is 0 Å². The number of carbonyl (C=O) groups is 1. The third-order valence-corrected chi connectivity index (χ3v) is 4.25. The maximum absolute atomic E-state index is 12.0. The molecule has 0 spiro atoms. The second-order valence-corrected chi connectivity index (χ2v) is 8.43. The first-order chi connectivity index (χ1) is 12.6. The number of carbonyl (C=O) groups excluding carboxylic acids is 1. The first-order valence-corrected chi connectivity index (χ1v) is 9.43. The summed E-state index contributed by atoms with van der Waals surface area (Å²) in [7, 11) is 0. The molecular weight excluding hydrogens is 368 g/mol. The normalized spacial score (nSPS) is 12.3. The molecule has 0 atom stereocenters. The zero-order valence-electron chi connectivity index (χ0n) is 15.9. The number of nitrogens with one attached hydrogen (secondary N) is 1. The fraction of sp³-hybridized carbons (Fsp3) is 0.444. The topological polar surface area (TPSA) is 103 Å². The minimum Gasteiger partial charge on any atom is -0.444 e. The molecule has 27 heavy (non-hydrogen) atoms. The van der Waals surface area contributed by atoms with Crippen LogP contribution < -0.4 is 5.32 Å². The van der Waals surface area contributed by atoms with E-state index in [4.69, 9.17) is 13.7 Å². The number of amides is 1. The highest BCUT2D eigenvalue weighted by Crippen LogP contribution is 2.26. The van der Waals surface area contributed by atoms with Gasteiger partial charge in [-0.25, -0.2) is 9.78 Å². The molecule has 1 N–H and O–H groups in total. The number of fused-ring (bicyclic) bond motifs is 1. The molecule has 0 bridgehead atoms. The molecule has 0 aliphatic heterocycles. The number of thioether (sulfide) groups is 1. The van der Waals surface area contributed by atoms with Crippen molar-refractivity contribution >= 4 is 29.0 Å². The van der Waals surface area contributed by atoms with Crippen LogP contribution in [0, 0.1) is 0 Å².